The molecule has 0 saturated carbocycles. The summed E-state index contributed by atoms with van der Waals surface area (Å²) in [4.78, 5) is 10.5. The summed E-state index contributed by atoms with van der Waals surface area (Å²) in [5.41, 5.74) is 6.39. The van der Waals surface area contributed by atoms with Gasteiger partial charge in [0.05, 0.1) is 6.42 Å². The Morgan fingerprint density at radius 1 is 1.50 bits per heavy atom. The molecular weight excluding hydrogens is 157 g/mol. The molecule has 0 radical (unpaired) electrons. The van der Waals surface area contributed by atoms with Crippen LogP contribution in [0.15, 0.2) is 18.2 Å². The van der Waals surface area contributed by atoms with Gasteiger partial charge in [0.2, 0.25) is 5.91 Å². The van der Waals surface area contributed by atoms with Gasteiger partial charge in [-0.1, -0.05) is 6.07 Å². The van der Waals surface area contributed by atoms with Gasteiger partial charge in [-0.15, -0.1) is 0 Å². The van der Waals surface area contributed by atoms with Crippen molar-refractivity contribution in [1.82, 2.24) is 0 Å². The van der Waals surface area contributed by atoms with Crippen LogP contribution in [0.4, 0.5) is 4.39 Å². The molecule has 64 valence electrons. The minimum atomic E-state index is -0.444. The summed E-state index contributed by atoms with van der Waals surface area (Å²) in [7, 11) is 0. The first kappa shape index (κ1) is 8.71. The van der Waals surface area contributed by atoms with E-state index in [0.717, 1.165) is 5.56 Å². The molecule has 1 aromatic rings. The highest BCUT2D eigenvalue weighted by Gasteiger charge is 2.00. The van der Waals surface area contributed by atoms with E-state index < -0.39 is 5.91 Å². The van der Waals surface area contributed by atoms with E-state index in [4.69, 9.17) is 5.73 Å². The highest BCUT2D eigenvalue weighted by atomic mass is 19.1. The average molecular weight is 167 g/mol. The Bertz CT molecular complexity index is 289. The number of primary amides is 1. The van der Waals surface area contributed by atoms with Crippen LogP contribution in [0.5, 0.6) is 0 Å². The molecule has 12 heavy (non-hydrogen) atoms. The Morgan fingerprint density at radius 3 is 2.67 bits per heavy atom. The lowest BCUT2D eigenvalue weighted by atomic mass is 10.1. The summed E-state index contributed by atoms with van der Waals surface area (Å²) in [6.45, 7) is 1.77. The molecule has 1 aromatic carbocycles. The normalized spacial score (nSPS) is 9.83. The second kappa shape index (κ2) is 3.34. The molecule has 0 bridgehead atoms. The van der Waals surface area contributed by atoms with Gasteiger partial charge in [-0.05, 0) is 30.2 Å². The fourth-order valence-corrected chi connectivity index (χ4v) is 1.12. The van der Waals surface area contributed by atoms with Crippen LogP contribution in [0.3, 0.4) is 0 Å². The molecular formula is C9H10FNO. The van der Waals surface area contributed by atoms with Crippen molar-refractivity contribution >= 4 is 5.91 Å². The predicted molar refractivity (Wildman–Crippen MR) is 44.0 cm³/mol. The van der Waals surface area contributed by atoms with Gasteiger partial charge in [-0.2, -0.15) is 0 Å². The molecule has 0 aliphatic rings. The fraction of sp³-hybridized carbons (Fsp3) is 0.222. The Labute approximate surface area is 70.2 Å². The third kappa shape index (κ3) is 2.34. The maximum Gasteiger partial charge on any atom is 0.221 e. The van der Waals surface area contributed by atoms with Gasteiger partial charge in [0.25, 0.3) is 0 Å². The Kier molecular flexibility index (Phi) is 2.43. The smallest absolute Gasteiger partial charge is 0.221 e. The largest absolute Gasteiger partial charge is 0.369 e. The van der Waals surface area contributed by atoms with Crippen LogP contribution in [-0.4, -0.2) is 5.91 Å². The van der Waals surface area contributed by atoms with Crippen molar-refractivity contribution in [1.29, 1.82) is 0 Å². The maximum atomic E-state index is 12.7. The minimum absolute atomic E-state index is 0.0958. The monoisotopic (exact) mass is 167 g/mol. The number of carbonyl (C=O) groups excluding carboxylic acids is 1. The van der Waals surface area contributed by atoms with Crippen LogP contribution in [-0.2, 0) is 11.2 Å². The molecule has 0 saturated heterocycles. The molecule has 0 aliphatic carbocycles. The summed E-state index contributed by atoms with van der Waals surface area (Å²) in [6.07, 6.45) is 0.0958. The molecule has 0 atom stereocenters. The molecule has 0 heterocycles. The van der Waals surface area contributed by atoms with E-state index in [-0.39, 0.29) is 12.2 Å². The minimum Gasteiger partial charge on any atom is -0.369 e. The zero-order valence-corrected chi connectivity index (χ0v) is 6.80. The van der Waals surface area contributed by atoms with Crippen LogP contribution in [0.2, 0.25) is 0 Å². The number of nitrogens with two attached hydrogens (primary N) is 1. The van der Waals surface area contributed by atoms with Crippen molar-refractivity contribution in [2.75, 3.05) is 0 Å². The topological polar surface area (TPSA) is 43.1 Å². The van der Waals surface area contributed by atoms with Crippen molar-refractivity contribution in [3.8, 4) is 0 Å². The Balaban J connectivity index is 2.93. The molecule has 1 amide bonds. The lowest BCUT2D eigenvalue weighted by Crippen LogP contribution is -2.13. The number of carbonyl (C=O) groups is 1. The quantitative estimate of drug-likeness (QED) is 0.705. The number of amides is 1. The van der Waals surface area contributed by atoms with Crippen LogP contribution >= 0.6 is 0 Å². The van der Waals surface area contributed by atoms with E-state index in [1.54, 1.807) is 13.0 Å². The molecule has 0 fully saturated rings. The Morgan fingerprint density at radius 2 is 2.17 bits per heavy atom. The standard InChI is InChI=1S/C9H10FNO/c1-6-2-7(5-9(11)12)4-8(10)3-6/h2-4H,5H2,1H3,(H2,11,12). The molecule has 3 heteroatoms. The van der Waals surface area contributed by atoms with Gasteiger partial charge in [0.1, 0.15) is 5.82 Å². The van der Waals surface area contributed by atoms with E-state index in [1.807, 2.05) is 0 Å². The maximum absolute atomic E-state index is 12.7. The molecule has 1 rings (SSSR count). The lowest BCUT2D eigenvalue weighted by molar-refractivity contribution is -0.117. The lowest BCUT2D eigenvalue weighted by Gasteiger charge is -1.99. The average Bonchev–Trinajstić information content (AvgIpc) is 1.81. The van der Waals surface area contributed by atoms with E-state index in [1.165, 1.54) is 12.1 Å². The first-order chi connectivity index (χ1) is 5.58. The van der Waals surface area contributed by atoms with Gasteiger partial charge >= 0.3 is 0 Å². The van der Waals surface area contributed by atoms with E-state index >= 15 is 0 Å². The summed E-state index contributed by atoms with van der Waals surface area (Å²) in [5.74, 6) is -0.772. The third-order valence-corrected chi connectivity index (χ3v) is 1.48. The molecule has 0 aliphatic heterocycles. The number of hydrogen-bond acceptors (Lipinski definition) is 1. The number of halogens is 1. The zero-order chi connectivity index (χ0) is 9.14. The second-order valence-electron chi connectivity index (χ2n) is 2.78. The molecule has 2 nitrogen and oxygen atoms in total. The number of rotatable bonds is 2. The summed E-state index contributed by atoms with van der Waals surface area (Å²) >= 11 is 0. The van der Waals surface area contributed by atoms with Crippen molar-refractivity contribution in [3.63, 3.8) is 0 Å². The van der Waals surface area contributed by atoms with Crippen LogP contribution in [0, 0.1) is 12.7 Å². The van der Waals surface area contributed by atoms with Crippen molar-refractivity contribution in [2.24, 2.45) is 5.73 Å². The highest BCUT2D eigenvalue weighted by Crippen LogP contribution is 2.08. The van der Waals surface area contributed by atoms with Crippen molar-refractivity contribution in [2.45, 2.75) is 13.3 Å². The van der Waals surface area contributed by atoms with Crippen molar-refractivity contribution < 1.29 is 9.18 Å². The molecule has 0 spiro atoms. The third-order valence-electron chi connectivity index (χ3n) is 1.48. The predicted octanol–water partition coefficient (Wildman–Crippen LogP) is 1.16. The Hall–Kier alpha value is -1.38. The van der Waals surface area contributed by atoms with Crippen molar-refractivity contribution in [3.05, 3.63) is 35.1 Å². The van der Waals surface area contributed by atoms with Gasteiger partial charge in [-0.3, -0.25) is 4.79 Å². The molecule has 0 unspecified atom stereocenters. The highest BCUT2D eigenvalue weighted by molar-refractivity contribution is 5.76. The van der Waals surface area contributed by atoms with Gasteiger partial charge in [-0.25, -0.2) is 4.39 Å². The van der Waals surface area contributed by atoms with E-state index in [2.05, 4.69) is 0 Å². The number of aryl methyl sites for hydroxylation is 1. The zero-order valence-electron chi connectivity index (χ0n) is 6.80. The SMILES string of the molecule is Cc1cc(F)cc(CC(N)=O)c1. The van der Waals surface area contributed by atoms with Gasteiger partial charge in [0.15, 0.2) is 0 Å². The van der Waals surface area contributed by atoms with Gasteiger partial charge < -0.3 is 5.73 Å². The first-order valence-electron chi connectivity index (χ1n) is 3.62. The summed E-state index contributed by atoms with van der Waals surface area (Å²) in [5, 5.41) is 0. The first-order valence-corrected chi connectivity index (χ1v) is 3.62. The molecule has 2 N–H and O–H groups in total. The second-order valence-corrected chi connectivity index (χ2v) is 2.78. The van der Waals surface area contributed by atoms with E-state index in [9.17, 15) is 9.18 Å². The number of benzene rings is 1. The number of hydrogen-bond donors (Lipinski definition) is 1. The summed E-state index contributed by atoms with van der Waals surface area (Å²) in [6, 6.07) is 4.47. The molecule has 0 aromatic heterocycles. The summed E-state index contributed by atoms with van der Waals surface area (Å²) < 4.78 is 12.7. The fourth-order valence-electron chi connectivity index (χ4n) is 1.12. The van der Waals surface area contributed by atoms with E-state index in [0.29, 0.717) is 5.56 Å². The van der Waals surface area contributed by atoms with Crippen LogP contribution < -0.4 is 5.73 Å². The van der Waals surface area contributed by atoms with Gasteiger partial charge in [0, 0.05) is 0 Å². The van der Waals surface area contributed by atoms with Crippen LogP contribution in [0.25, 0.3) is 0 Å². The van der Waals surface area contributed by atoms with Crippen LogP contribution in [0.1, 0.15) is 11.1 Å².